The summed E-state index contributed by atoms with van der Waals surface area (Å²) < 4.78 is 13.2. The van der Waals surface area contributed by atoms with Gasteiger partial charge in [0, 0.05) is 17.5 Å². The number of nitrogens with zero attached hydrogens (tertiary/aromatic N) is 2. The molecule has 0 bridgehead atoms. The van der Waals surface area contributed by atoms with Gasteiger partial charge in [0.25, 0.3) is 5.69 Å². The number of aryl methyl sites for hydroxylation is 1. The van der Waals surface area contributed by atoms with E-state index in [-0.39, 0.29) is 23.5 Å². The van der Waals surface area contributed by atoms with Crippen molar-refractivity contribution in [3.8, 4) is 0 Å². The van der Waals surface area contributed by atoms with Crippen molar-refractivity contribution < 1.29 is 9.31 Å². The van der Waals surface area contributed by atoms with E-state index in [0.717, 1.165) is 12.0 Å². The second kappa shape index (κ2) is 5.12. The number of hydrogen-bond acceptors (Lipinski definition) is 4. The van der Waals surface area contributed by atoms with Crippen LogP contribution in [-0.4, -0.2) is 15.9 Å². The number of nitro groups is 1. The molecular weight excluding hydrogens is 273 g/mol. The van der Waals surface area contributed by atoms with Crippen molar-refractivity contribution in [3.63, 3.8) is 0 Å². The molecule has 5 nitrogen and oxygen atoms in total. The van der Waals surface area contributed by atoms with E-state index in [2.05, 4.69) is 10.3 Å². The third kappa shape index (κ3) is 2.84. The molecule has 1 aromatic heterocycles. The molecule has 1 fully saturated rings. The number of benzene rings is 1. The standard InChI is InChI=1S/C15H14FN3O2/c1-9-5-15(17-8-14(9)19(20)21)18-13-7-12(13)10-3-2-4-11(16)6-10/h2-6,8,12-13H,7H2,1H3,(H,17,18)/t12-,13+/m0/s1. The summed E-state index contributed by atoms with van der Waals surface area (Å²) in [6.07, 6.45) is 2.17. The van der Waals surface area contributed by atoms with Crippen LogP contribution in [0.1, 0.15) is 23.5 Å². The zero-order valence-electron chi connectivity index (χ0n) is 11.4. The molecule has 0 spiro atoms. The van der Waals surface area contributed by atoms with Crippen LogP contribution in [0.5, 0.6) is 0 Å². The number of rotatable bonds is 4. The molecule has 0 amide bonds. The predicted molar refractivity (Wildman–Crippen MR) is 76.8 cm³/mol. The average molecular weight is 287 g/mol. The molecule has 108 valence electrons. The van der Waals surface area contributed by atoms with Crippen LogP contribution in [0.25, 0.3) is 0 Å². The highest BCUT2D eigenvalue weighted by atomic mass is 19.1. The van der Waals surface area contributed by atoms with Gasteiger partial charge in [-0.25, -0.2) is 9.37 Å². The van der Waals surface area contributed by atoms with Crippen LogP contribution in [0, 0.1) is 22.9 Å². The Labute approximate surface area is 121 Å². The number of hydrogen-bond donors (Lipinski definition) is 1. The fraction of sp³-hybridized carbons (Fsp3) is 0.267. The van der Waals surface area contributed by atoms with Crippen molar-refractivity contribution in [2.75, 3.05) is 5.32 Å². The van der Waals surface area contributed by atoms with Crippen molar-refractivity contribution in [1.82, 2.24) is 4.98 Å². The van der Waals surface area contributed by atoms with Crippen LogP contribution >= 0.6 is 0 Å². The summed E-state index contributed by atoms with van der Waals surface area (Å²) in [6, 6.07) is 8.44. The number of anilines is 1. The first-order valence-electron chi connectivity index (χ1n) is 6.67. The van der Waals surface area contributed by atoms with E-state index >= 15 is 0 Å². The van der Waals surface area contributed by atoms with Crippen LogP contribution in [0.3, 0.4) is 0 Å². The van der Waals surface area contributed by atoms with E-state index in [1.807, 2.05) is 6.07 Å². The highest BCUT2D eigenvalue weighted by Crippen LogP contribution is 2.42. The Balaban J connectivity index is 1.69. The van der Waals surface area contributed by atoms with E-state index in [4.69, 9.17) is 0 Å². The van der Waals surface area contributed by atoms with Gasteiger partial charge in [0.05, 0.1) is 4.92 Å². The Morgan fingerprint density at radius 2 is 2.24 bits per heavy atom. The third-order valence-electron chi connectivity index (χ3n) is 3.68. The van der Waals surface area contributed by atoms with Crippen molar-refractivity contribution in [2.45, 2.75) is 25.3 Å². The van der Waals surface area contributed by atoms with E-state index in [9.17, 15) is 14.5 Å². The van der Waals surface area contributed by atoms with Gasteiger partial charge in [-0.15, -0.1) is 0 Å². The lowest BCUT2D eigenvalue weighted by Crippen LogP contribution is -2.06. The lowest BCUT2D eigenvalue weighted by Gasteiger charge is -2.06. The van der Waals surface area contributed by atoms with Gasteiger partial charge in [-0.1, -0.05) is 12.1 Å². The van der Waals surface area contributed by atoms with Crippen LogP contribution < -0.4 is 5.32 Å². The number of halogens is 1. The molecule has 0 aliphatic heterocycles. The van der Waals surface area contributed by atoms with E-state index in [1.165, 1.54) is 12.3 Å². The molecule has 2 atom stereocenters. The van der Waals surface area contributed by atoms with Gasteiger partial charge in [0.1, 0.15) is 17.8 Å². The molecule has 1 aromatic carbocycles. The first kappa shape index (κ1) is 13.5. The second-order valence-electron chi connectivity index (χ2n) is 5.26. The summed E-state index contributed by atoms with van der Waals surface area (Å²) in [5, 5.41) is 14.0. The molecule has 0 unspecified atom stereocenters. The maximum atomic E-state index is 13.2. The molecule has 1 heterocycles. The number of aromatic nitrogens is 1. The smallest absolute Gasteiger partial charge is 0.290 e. The maximum Gasteiger partial charge on any atom is 0.290 e. The summed E-state index contributed by atoms with van der Waals surface area (Å²) in [4.78, 5) is 14.4. The fourth-order valence-electron chi connectivity index (χ4n) is 2.47. The van der Waals surface area contributed by atoms with Gasteiger partial charge >= 0.3 is 0 Å². The van der Waals surface area contributed by atoms with Gasteiger partial charge < -0.3 is 5.32 Å². The summed E-state index contributed by atoms with van der Waals surface area (Å²) in [6.45, 7) is 1.68. The molecule has 1 N–H and O–H groups in total. The summed E-state index contributed by atoms with van der Waals surface area (Å²) >= 11 is 0. The van der Waals surface area contributed by atoms with Gasteiger partial charge in [-0.2, -0.15) is 0 Å². The highest BCUT2D eigenvalue weighted by molar-refractivity contribution is 5.49. The van der Waals surface area contributed by atoms with Crippen LogP contribution in [0.2, 0.25) is 0 Å². The van der Waals surface area contributed by atoms with Gasteiger partial charge in [0.2, 0.25) is 0 Å². The molecule has 3 rings (SSSR count). The SMILES string of the molecule is Cc1cc(N[C@@H]2C[C@H]2c2cccc(F)c2)ncc1[N+](=O)[O-]. The molecule has 0 radical (unpaired) electrons. The molecule has 6 heteroatoms. The Morgan fingerprint density at radius 3 is 2.90 bits per heavy atom. The minimum absolute atomic E-state index is 0.0121. The minimum Gasteiger partial charge on any atom is -0.367 e. The maximum absolute atomic E-state index is 13.2. The van der Waals surface area contributed by atoms with Crippen molar-refractivity contribution in [2.24, 2.45) is 0 Å². The number of pyridine rings is 1. The van der Waals surface area contributed by atoms with Gasteiger partial charge in [0.15, 0.2) is 0 Å². The second-order valence-corrected chi connectivity index (χ2v) is 5.26. The molecule has 1 saturated carbocycles. The number of nitrogens with one attached hydrogen (secondary N) is 1. The van der Waals surface area contributed by atoms with E-state index < -0.39 is 4.92 Å². The first-order valence-corrected chi connectivity index (χ1v) is 6.67. The van der Waals surface area contributed by atoms with Crippen molar-refractivity contribution >= 4 is 11.5 Å². The predicted octanol–water partition coefficient (Wildman–Crippen LogP) is 3.41. The zero-order chi connectivity index (χ0) is 15.0. The van der Waals surface area contributed by atoms with E-state index in [1.54, 1.807) is 25.1 Å². The largest absolute Gasteiger partial charge is 0.367 e. The monoisotopic (exact) mass is 287 g/mol. The summed E-state index contributed by atoms with van der Waals surface area (Å²) in [5.41, 5.74) is 1.55. The average Bonchev–Trinajstić information content (AvgIpc) is 3.17. The Morgan fingerprint density at radius 1 is 1.43 bits per heavy atom. The summed E-state index contributed by atoms with van der Waals surface area (Å²) in [7, 11) is 0. The Hall–Kier alpha value is -2.50. The van der Waals surface area contributed by atoms with Gasteiger partial charge in [-0.3, -0.25) is 10.1 Å². The lowest BCUT2D eigenvalue weighted by atomic mass is 10.1. The van der Waals surface area contributed by atoms with Gasteiger partial charge in [-0.05, 0) is 37.1 Å². The molecular formula is C15H14FN3O2. The Bertz CT molecular complexity index is 705. The third-order valence-corrected chi connectivity index (χ3v) is 3.68. The molecule has 0 saturated heterocycles. The quantitative estimate of drug-likeness (QED) is 0.691. The first-order chi connectivity index (χ1) is 10.0. The Kier molecular flexibility index (Phi) is 3.29. The van der Waals surface area contributed by atoms with Crippen molar-refractivity contribution in [3.05, 3.63) is 63.6 Å². The molecule has 1 aliphatic carbocycles. The summed E-state index contributed by atoms with van der Waals surface area (Å²) in [5.74, 6) is 0.641. The fourth-order valence-corrected chi connectivity index (χ4v) is 2.47. The molecule has 2 aromatic rings. The molecule has 1 aliphatic rings. The zero-order valence-corrected chi connectivity index (χ0v) is 11.4. The van der Waals surface area contributed by atoms with E-state index in [0.29, 0.717) is 11.4 Å². The van der Waals surface area contributed by atoms with Crippen molar-refractivity contribution in [1.29, 1.82) is 0 Å². The lowest BCUT2D eigenvalue weighted by molar-refractivity contribution is -0.385. The molecule has 21 heavy (non-hydrogen) atoms. The highest BCUT2D eigenvalue weighted by Gasteiger charge is 2.38. The van der Waals surface area contributed by atoms with Crippen LogP contribution in [0.15, 0.2) is 36.5 Å². The van der Waals surface area contributed by atoms with Crippen LogP contribution in [0.4, 0.5) is 15.9 Å². The topological polar surface area (TPSA) is 68.1 Å². The normalized spacial score (nSPS) is 20.1. The minimum atomic E-state index is -0.446. The van der Waals surface area contributed by atoms with Crippen LogP contribution in [-0.2, 0) is 0 Å².